The monoisotopic (exact) mass is 539 g/mol. The van der Waals surface area contributed by atoms with E-state index in [1.807, 2.05) is 41.4 Å². The van der Waals surface area contributed by atoms with Crippen LogP contribution in [0, 0.1) is 0 Å². The topological polar surface area (TPSA) is 87.5 Å². The highest BCUT2D eigenvalue weighted by molar-refractivity contribution is 9.10. The van der Waals surface area contributed by atoms with Gasteiger partial charge in [-0.1, -0.05) is 29.8 Å². The van der Waals surface area contributed by atoms with Crippen molar-refractivity contribution in [3.63, 3.8) is 0 Å². The van der Waals surface area contributed by atoms with Gasteiger partial charge in [-0.2, -0.15) is 9.61 Å². The molecule has 3 aromatic heterocycles. The van der Waals surface area contributed by atoms with E-state index in [1.165, 1.54) is 0 Å². The zero-order valence-corrected chi connectivity index (χ0v) is 20.6. The number of carbonyl (C=O) groups excluding carboxylic acids is 1. The molecule has 0 spiro atoms. The summed E-state index contributed by atoms with van der Waals surface area (Å²) in [7, 11) is 0. The number of pyridine rings is 1. The van der Waals surface area contributed by atoms with Crippen LogP contribution in [0.2, 0.25) is 5.02 Å². The predicted molar refractivity (Wildman–Crippen MR) is 136 cm³/mol. The first-order valence-electron chi connectivity index (χ1n) is 11.1. The number of hydrogen-bond donors (Lipinski definition) is 2. The van der Waals surface area contributed by atoms with Gasteiger partial charge in [-0.3, -0.25) is 4.98 Å². The van der Waals surface area contributed by atoms with Crippen LogP contribution in [0.4, 0.5) is 16.3 Å². The average molecular weight is 541 g/mol. The molecular weight excluding hydrogens is 518 g/mol. The third kappa shape index (κ3) is 4.85. The summed E-state index contributed by atoms with van der Waals surface area (Å²) in [6.45, 7) is 1.88. The lowest BCUT2D eigenvalue weighted by Crippen LogP contribution is -2.41. The summed E-state index contributed by atoms with van der Waals surface area (Å²) in [5.41, 5.74) is 3.35. The molecule has 5 rings (SSSR count). The van der Waals surface area contributed by atoms with Crippen LogP contribution in [0.25, 0.3) is 5.65 Å². The van der Waals surface area contributed by atoms with E-state index in [-0.39, 0.29) is 11.9 Å². The van der Waals surface area contributed by atoms with Gasteiger partial charge in [0, 0.05) is 44.0 Å². The van der Waals surface area contributed by atoms with Gasteiger partial charge in [0.15, 0.2) is 5.65 Å². The average Bonchev–Trinajstić information content (AvgIpc) is 3.25. The molecule has 1 aliphatic rings. The van der Waals surface area contributed by atoms with Crippen LogP contribution in [0.15, 0.2) is 65.5 Å². The second-order valence-corrected chi connectivity index (χ2v) is 9.47. The Balaban J connectivity index is 1.37. The third-order valence-electron chi connectivity index (χ3n) is 5.89. The predicted octanol–water partition coefficient (Wildman–Crippen LogP) is 5.56. The number of carbonyl (C=O) groups is 1. The number of benzene rings is 1. The molecule has 2 amide bonds. The second-order valence-electron chi connectivity index (χ2n) is 8.20. The highest BCUT2D eigenvalue weighted by atomic mass is 79.9. The number of piperidine rings is 1. The van der Waals surface area contributed by atoms with Crippen molar-refractivity contribution in [3.05, 3.63) is 81.8 Å². The Hall–Kier alpha value is -3.17. The third-order valence-corrected chi connectivity index (χ3v) is 6.78. The SMILES string of the molecule is O=C(Nc1ccccc1Cl)N1CCCC(c2cc(NCc3cccnc3)n3ncc(Br)c3n2)C1. The number of rotatable bonds is 5. The summed E-state index contributed by atoms with van der Waals surface area (Å²) in [6, 6.07) is 13.1. The molecule has 1 fully saturated rings. The van der Waals surface area contributed by atoms with Gasteiger partial charge in [-0.05, 0) is 52.5 Å². The minimum absolute atomic E-state index is 0.108. The second kappa shape index (κ2) is 9.99. The molecule has 4 heterocycles. The Labute approximate surface area is 210 Å². The molecule has 1 aliphatic heterocycles. The maximum atomic E-state index is 12.9. The Bertz CT molecular complexity index is 1310. The summed E-state index contributed by atoms with van der Waals surface area (Å²) in [4.78, 5) is 23.8. The molecular formula is C24H23BrClN7O. The molecule has 0 radical (unpaired) electrons. The fraction of sp³-hybridized carbons (Fsp3) is 0.250. The van der Waals surface area contributed by atoms with Crippen molar-refractivity contribution >= 4 is 50.7 Å². The summed E-state index contributed by atoms with van der Waals surface area (Å²) in [5, 5.41) is 11.4. The first-order chi connectivity index (χ1) is 16.6. The lowest BCUT2D eigenvalue weighted by Gasteiger charge is -2.32. The van der Waals surface area contributed by atoms with Crippen LogP contribution in [0.5, 0.6) is 0 Å². The van der Waals surface area contributed by atoms with Gasteiger partial charge in [0.25, 0.3) is 0 Å². The minimum atomic E-state index is -0.153. The van der Waals surface area contributed by atoms with Crippen LogP contribution in [-0.4, -0.2) is 43.6 Å². The smallest absolute Gasteiger partial charge is 0.321 e. The van der Waals surface area contributed by atoms with Gasteiger partial charge >= 0.3 is 6.03 Å². The summed E-state index contributed by atoms with van der Waals surface area (Å²) < 4.78 is 2.61. The van der Waals surface area contributed by atoms with Gasteiger partial charge in [-0.15, -0.1) is 0 Å². The summed E-state index contributed by atoms with van der Waals surface area (Å²) >= 11 is 9.78. The molecule has 1 aromatic carbocycles. The lowest BCUT2D eigenvalue weighted by molar-refractivity contribution is 0.192. The molecule has 0 bridgehead atoms. The number of urea groups is 1. The van der Waals surface area contributed by atoms with Crippen LogP contribution >= 0.6 is 27.5 Å². The van der Waals surface area contributed by atoms with E-state index in [2.05, 4.69) is 36.6 Å². The van der Waals surface area contributed by atoms with Gasteiger partial charge in [0.1, 0.15) is 5.82 Å². The Kier molecular flexibility index (Phi) is 6.64. The molecule has 0 saturated carbocycles. The Morgan fingerprint density at radius 2 is 2.09 bits per heavy atom. The highest BCUT2D eigenvalue weighted by Gasteiger charge is 2.27. The Morgan fingerprint density at radius 3 is 2.91 bits per heavy atom. The van der Waals surface area contributed by atoms with E-state index in [9.17, 15) is 4.79 Å². The number of halogens is 2. The zero-order valence-electron chi connectivity index (χ0n) is 18.3. The first-order valence-corrected chi connectivity index (χ1v) is 12.2. The zero-order chi connectivity index (χ0) is 23.5. The van der Waals surface area contributed by atoms with Crippen molar-refractivity contribution in [1.29, 1.82) is 0 Å². The van der Waals surface area contributed by atoms with E-state index in [4.69, 9.17) is 16.6 Å². The maximum Gasteiger partial charge on any atom is 0.321 e. The molecule has 10 heteroatoms. The molecule has 8 nitrogen and oxygen atoms in total. The van der Waals surface area contributed by atoms with E-state index in [0.29, 0.717) is 30.3 Å². The van der Waals surface area contributed by atoms with Gasteiger partial charge < -0.3 is 15.5 Å². The Morgan fingerprint density at radius 1 is 1.21 bits per heavy atom. The van der Waals surface area contributed by atoms with Crippen molar-refractivity contribution in [2.75, 3.05) is 23.7 Å². The van der Waals surface area contributed by atoms with Gasteiger partial charge in [0.2, 0.25) is 0 Å². The quantitative estimate of drug-likeness (QED) is 0.346. The van der Waals surface area contributed by atoms with Crippen LogP contribution in [0.1, 0.15) is 30.0 Å². The number of nitrogens with zero attached hydrogens (tertiary/aromatic N) is 5. The van der Waals surface area contributed by atoms with Gasteiger partial charge in [-0.25, -0.2) is 9.78 Å². The van der Waals surface area contributed by atoms with E-state index < -0.39 is 0 Å². The maximum absolute atomic E-state index is 12.9. The molecule has 174 valence electrons. The molecule has 4 aromatic rings. The number of hydrogen-bond acceptors (Lipinski definition) is 5. The normalized spacial score (nSPS) is 15.9. The highest BCUT2D eigenvalue weighted by Crippen LogP contribution is 2.30. The van der Waals surface area contributed by atoms with E-state index in [1.54, 1.807) is 29.0 Å². The number of nitrogens with one attached hydrogen (secondary N) is 2. The summed E-state index contributed by atoms with van der Waals surface area (Å²) in [6.07, 6.45) is 7.18. The standard InChI is InChI=1S/C24H23BrClN7O/c25-18-14-29-33-22(28-13-16-5-3-9-27-12-16)11-21(30-23(18)33)17-6-4-10-32(15-17)24(34)31-20-8-2-1-7-19(20)26/h1-3,5,7-9,11-12,14,17,28H,4,6,10,13,15H2,(H,31,34). The van der Waals surface area contributed by atoms with Crippen molar-refractivity contribution in [2.45, 2.75) is 25.3 Å². The van der Waals surface area contributed by atoms with Crippen LogP contribution in [-0.2, 0) is 6.54 Å². The van der Waals surface area contributed by atoms with Crippen molar-refractivity contribution in [1.82, 2.24) is 24.5 Å². The lowest BCUT2D eigenvalue weighted by atomic mass is 9.94. The summed E-state index contributed by atoms with van der Waals surface area (Å²) in [5.74, 6) is 0.948. The largest absolute Gasteiger partial charge is 0.366 e. The fourth-order valence-corrected chi connectivity index (χ4v) is 4.68. The number of aromatic nitrogens is 4. The molecule has 1 saturated heterocycles. The molecule has 0 aliphatic carbocycles. The molecule has 2 N–H and O–H groups in total. The molecule has 34 heavy (non-hydrogen) atoms. The van der Waals surface area contributed by atoms with Crippen molar-refractivity contribution < 1.29 is 4.79 Å². The van der Waals surface area contributed by atoms with Crippen molar-refractivity contribution in [2.24, 2.45) is 0 Å². The number of anilines is 2. The van der Waals surface area contributed by atoms with Crippen LogP contribution < -0.4 is 10.6 Å². The number of para-hydroxylation sites is 1. The number of fused-ring (bicyclic) bond motifs is 1. The van der Waals surface area contributed by atoms with E-state index in [0.717, 1.165) is 40.0 Å². The molecule has 1 atom stereocenters. The first kappa shape index (κ1) is 22.6. The minimum Gasteiger partial charge on any atom is -0.366 e. The van der Waals surface area contributed by atoms with E-state index >= 15 is 0 Å². The molecule has 1 unspecified atom stereocenters. The number of likely N-dealkylation sites (tertiary alicyclic amines) is 1. The van der Waals surface area contributed by atoms with Gasteiger partial charge in [0.05, 0.1) is 27.1 Å². The van der Waals surface area contributed by atoms with Crippen molar-refractivity contribution in [3.8, 4) is 0 Å². The number of amides is 2. The van der Waals surface area contributed by atoms with Crippen LogP contribution in [0.3, 0.4) is 0 Å². The fourth-order valence-electron chi connectivity index (χ4n) is 4.15.